The van der Waals surface area contributed by atoms with Crippen LogP contribution in [0.4, 0.5) is 0 Å². The molecule has 5 N–H and O–H groups in total. The van der Waals surface area contributed by atoms with Crippen molar-refractivity contribution in [2.45, 2.75) is 48.1 Å². The Kier molecular flexibility index (Phi) is 19.2. The Morgan fingerprint density at radius 3 is 1.58 bits per heavy atom. The predicted molar refractivity (Wildman–Crippen MR) is 131 cm³/mol. The number of rotatable bonds is 12. The molecule has 0 aromatic heterocycles. The molecule has 0 aliphatic carbocycles. The average molecular weight is 501 g/mol. The standard InChI is InChI=1S/C9H14NO2P.C6H16NO2P.C4H12NO2P/c1-2-13(10,11)12-8-9-6-4-3-5-7-9;1-4-7-10(8,6-3)9-5-2;1-3-7-8(5,6)4-2/h3-7H,2,8H2,1H3,(H2,10,11);4-6H2,1-3H3,(H,7,8);3-4H2,1-2H3,(H2,5,6). The molecule has 3 unspecified atom stereocenters. The van der Waals surface area contributed by atoms with Gasteiger partial charge in [-0.15, -0.1) is 0 Å². The van der Waals surface area contributed by atoms with Crippen LogP contribution in [0.5, 0.6) is 0 Å². The SMILES string of the molecule is CCNP(=O)(CC)OCC.CCOP(N)(=O)CC.CCP(N)(=O)OCc1ccccc1. The summed E-state index contributed by atoms with van der Waals surface area (Å²) >= 11 is 0. The fourth-order valence-corrected chi connectivity index (χ4v) is 4.42. The molecule has 9 nitrogen and oxygen atoms in total. The number of benzene rings is 1. The third kappa shape index (κ3) is 18.9. The Bertz CT molecular complexity index is 696. The second kappa shape index (κ2) is 18.1. The molecule has 1 rings (SSSR count). The van der Waals surface area contributed by atoms with Crippen LogP contribution < -0.4 is 16.1 Å². The molecule has 0 fully saturated rings. The third-order valence-electron chi connectivity index (χ3n) is 3.67. The van der Waals surface area contributed by atoms with Gasteiger partial charge in [-0.1, -0.05) is 58.0 Å². The van der Waals surface area contributed by atoms with E-state index in [9.17, 15) is 13.7 Å². The van der Waals surface area contributed by atoms with E-state index < -0.39 is 22.6 Å². The van der Waals surface area contributed by atoms with Crippen LogP contribution in [-0.2, 0) is 33.9 Å². The highest BCUT2D eigenvalue weighted by atomic mass is 31.2. The highest BCUT2D eigenvalue weighted by molar-refractivity contribution is 7.57. The molecule has 0 bridgehead atoms. The zero-order chi connectivity index (χ0) is 24.4. The van der Waals surface area contributed by atoms with Gasteiger partial charge in [-0.2, -0.15) is 0 Å². The molecule has 12 heteroatoms. The third-order valence-corrected chi connectivity index (χ3v) is 9.01. The maximum Gasteiger partial charge on any atom is 0.269 e. The van der Waals surface area contributed by atoms with Crippen LogP contribution in [0, 0.1) is 0 Å². The summed E-state index contributed by atoms with van der Waals surface area (Å²) in [5, 5.41) is 2.84. The van der Waals surface area contributed by atoms with Crippen LogP contribution in [-0.4, -0.2) is 38.2 Å². The average Bonchev–Trinajstić information content (AvgIpc) is 2.74. The van der Waals surface area contributed by atoms with Crippen molar-refractivity contribution in [2.75, 3.05) is 38.2 Å². The molecule has 31 heavy (non-hydrogen) atoms. The summed E-state index contributed by atoms with van der Waals surface area (Å²) in [6, 6.07) is 9.56. The van der Waals surface area contributed by atoms with Crippen molar-refractivity contribution in [3.8, 4) is 0 Å². The lowest BCUT2D eigenvalue weighted by Gasteiger charge is -2.15. The molecule has 0 radical (unpaired) electrons. The maximum absolute atomic E-state index is 11.4. The van der Waals surface area contributed by atoms with Gasteiger partial charge in [0.25, 0.3) is 22.6 Å². The van der Waals surface area contributed by atoms with Gasteiger partial charge in [0.05, 0.1) is 19.8 Å². The molecule has 0 aliphatic rings. The lowest BCUT2D eigenvalue weighted by Crippen LogP contribution is -2.13. The van der Waals surface area contributed by atoms with E-state index in [-0.39, 0.29) is 0 Å². The first kappa shape index (κ1) is 32.8. The molecule has 0 spiro atoms. The number of hydrogen-bond donors (Lipinski definition) is 3. The zero-order valence-corrected chi connectivity index (χ0v) is 22.5. The molecule has 3 atom stereocenters. The van der Waals surface area contributed by atoms with E-state index in [0.717, 1.165) is 5.56 Å². The van der Waals surface area contributed by atoms with E-state index in [4.69, 9.17) is 24.6 Å². The second-order valence-corrected chi connectivity index (χ2v) is 13.4. The summed E-state index contributed by atoms with van der Waals surface area (Å²) in [5.41, 5.74) is 11.5. The van der Waals surface area contributed by atoms with Crippen molar-refractivity contribution in [3.05, 3.63) is 35.9 Å². The first-order chi connectivity index (χ1) is 14.4. The number of nitrogens with two attached hydrogens (primary N) is 2. The number of hydrogen-bond acceptors (Lipinski definition) is 6. The van der Waals surface area contributed by atoms with Crippen molar-refractivity contribution >= 4 is 22.6 Å². The largest absolute Gasteiger partial charge is 0.318 e. The van der Waals surface area contributed by atoms with E-state index in [1.54, 1.807) is 20.8 Å². The quantitative estimate of drug-likeness (QED) is 0.320. The van der Waals surface area contributed by atoms with Gasteiger partial charge in [-0.05, 0) is 19.4 Å². The van der Waals surface area contributed by atoms with Crippen LogP contribution in [0.1, 0.15) is 47.1 Å². The fourth-order valence-electron chi connectivity index (χ4n) is 1.86. The zero-order valence-electron chi connectivity index (χ0n) is 19.8. The van der Waals surface area contributed by atoms with Gasteiger partial charge in [-0.25, -0.2) is 5.09 Å². The minimum absolute atomic E-state index is 0.322. The highest BCUT2D eigenvalue weighted by Crippen LogP contribution is 2.41. The first-order valence-corrected chi connectivity index (χ1v) is 16.1. The van der Waals surface area contributed by atoms with Gasteiger partial charge in [0, 0.05) is 25.0 Å². The fraction of sp³-hybridized carbons (Fsp3) is 0.684. The Morgan fingerprint density at radius 2 is 1.23 bits per heavy atom. The molecule has 184 valence electrons. The van der Waals surface area contributed by atoms with Gasteiger partial charge in [0.1, 0.15) is 0 Å². The van der Waals surface area contributed by atoms with Crippen LogP contribution in [0.2, 0.25) is 0 Å². The van der Waals surface area contributed by atoms with Crippen molar-refractivity contribution in [1.82, 2.24) is 5.09 Å². The van der Waals surface area contributed by atoms with E-state index in [1.165, 1.54) is 0 Å². The highest BCUT2D eigenvalue weighted by Gasteiger charge is 2.16. The smallest absolute Gasteiger partial charge is 0.269 e. The maximum atomic E-state index is 11.4. The topological polar surface area (TPSA) is 143 Å². The Labute approximate surface area is 188 Å². The normalized spacial score (nSPS) is 16.4. The predicted octanol–water partition coefficient (Wildman–Crippen LogP) is 5.41. The minimum atomic E-state index is -2.84. The molecule has 0 saturated carbocycles. The Morgan fingerprint density at radius 1 is 0.742 bits per heavy atom. The molecule has 1 aromatic rings. The van der Waals surface area contributed by atoms with Gasteiger partial charge < -0.3 is 13.6 Å². The van der Waals surface area contributed by atoms with Gasteiger partial charge in [-0.3, -0.25) is 24.7 Å². The van der Waals surface area contributed by atoms with E-state index in [0.29, 0.717) is 44.9 Å². The van der Waals surface area contributed by atoms with Gasteiger partial charge >= 0.3 is 0 Å². The van der Waals surface area contributed by atoms with Crippen LogP contribution in [0.3, 0.4) is 0 Å². The molecule has 0 saturated heterocycles. The molecule has 1 aromatic carbocycles. The van der Waals surface area contributed by atoms with E-state index in [2.05, 4.69) is 5.09 Å². The Hall–Kier alpha value is -0.330. The van der Waals surface area contributed by atoms with Crippen molar-refractivity contribution in [3.63, 3.8) is 0 Å². The van der Waals surface area contributed by atoms with Crippen LogP contribution >= 0.6 is 22.6 Å². The van der Waals surface area contributed by atoms with Crippen molar-refractivity contribution < 1.29 is 27.3 Å². The van der Waals surface area contributed by atoms with E-state index >= 15 is 0 Å². The summed E-state index contributed by atoms with van der Waals surface area (Å²) in [6.45, 7) is 12.9. The van der Waals surface area contributed by atoms with Crippen LogP contribution in [0.15, 0.2) is 30.3 Å². The minimum Gasteiger partial charge on any atom is -0.318 e. The van der Waals surface area contributed by atoms with Gasteiger partial charge in [0.15, 0.2) is 0 Å². The molecule has 0 aliphatic heterocycles. The summed E-state index contributed by atoms with van der Waals surface area (Å²) in [7, 11) is -7.96. The summed E-state index contributed by atoms with van der Waals surface area (Å²) < 4.78 is 48.4. The van der Waals surface area contributed by atoms with Crippen molar-refractivity contribution in [1.29, 1.82) is 0 Å². The summed E-state index contributed by atoms with van der Waals surface area (Å²) in [5.74, 6) is 0. The van der Waals surface area contributed by atoms with Crippen molar-refractivity contribution in [2.24, 2.45) is 11.0 Å². The van der Waals surface area contributed by atoms with Crippen LogP contribution in [0.25, 0.3) is 0 Å². The second-order valence-electron chi connectivity index (χ2n) is 6.18. The monoisotopic (exact) mass is 501 g/mol. The summed E-state index contributed by atoms with van der Waals surface area (Å²) in [4.78, 5) is 0. The van der Waals surface area contributed by atoms with Gasteiger partial charge in [0.2, 0.25) is 0 Å². The lowest BCUT2D eigenvalue weighted by molar-refractivity contribution is 0.304. The Balaban J connectivity index is 0. The molecular weight excluding hydrogens is 459 g/mol. The number of nitrogens with one attached hydrogen (secondary N) is 1. The molecule has 0 heterocycles. The molecular formula is C19H42N3O6P3. The first-order valence-electron chi connectivity index (χ1n) is 10.5. The van der Waals surface area contributed by atoms with E-state index in [1.807, 2.05) is 51.1 Å². The lowest BCUT2D eigenvalue weighted by atomic mass is 10.2. The summed E-state index contributed by atoms with van der Waals surface area (Å²) in [6.07, 6.45) is 1.36. The molecule has 0 amide bonds.